The minimum absolute atomic E-state index is 0.354. The van der Waals surface area contributed by atoms with Gasteiger partial charge in [0, 0.05) is 13.2 Å². The Bertz CT molecular complexity index is 159. The Morgan fingerprint density at radius 1 is 0.381 bits per heavy atom. The highest BCUT2D eigenvalue weighted by Crippen LogP contribution is 2.07. The smallest absolute Gasteiger partial charge is 0.0431 e. The van der Waals surface area contributed by atoms with E-state index in [0.29, 0.717) is 13.2 Å². The summed E-state index contributed by atoms with van der Waals surface area (Å²) in [6.45, 7) is 3.06. The van der Waals surface area contributed by atoms with E-state index in [-0.39, 0.29) is 0 Å². The van der Waals surface area contributed by atoms with Crippen LogP contribution in [0.2, 0.25) is 0 Å². The van der Waals surface area contributed by atoms with Crippen molar-refractivity contribution in [2.45, 2.75) is 89.9 Å². The number of hydrogen-bond donors (Lipinski definition) is 3. The molecule has 3 N–H and O–H groups in total. The van der Waals surface area contributed by atoms with Crippen molar-refractivity contribution < 1.29 is 10.2 Å². The van der Waals surface area contributed by atoms with Crippen LogP contribution in [0, 0.1) is 0 Å². The third-order valence-electron chi connectivity index (χ3n) is 4.02. The molecule has 0 heterocycles. The molecule has 0 amide bonds. The third kappa shape index (κ3) is 19.9. The second-order valence-electron chi connectivity index (χ2n) is 6.15. The lowest BCUT2D eigenvalue weighted by atomic mass is 10.1. The summed E-state index contributed by atoms with van der Waals surface area (Å²) in [5.41, 5.74) is 0. The summed E-state index contributed by atoms with van der Waals surface area (Å²) in [5.74, 6) is 0. The Morgan fingerprint density at radius 2 is 0.667 bits per heavy atom. The van der Waals surface area contributed by atoms with E-state index in [1.807, 2.05) is 0 Å². The van der Waals surface area contributed by atoms with E-state index in [4.69, 9.17) is 10.2 Å². The second-order valence-corrected chi connectivity index (χ2v) is 6.15. The maximum atomic E-state index is 8.67. The maximum absolute atomic E-state index is 8.67. The van der Waals surface area contributed by atoms with Gasteiger partial charge in [-0.2, -0.15) is 0 Å². The van der Waals surface area contributed by atoms with Gasteiger partial charge in [0.1, 0.15) is 0 Å². The van der Waals surface area contributed by atoms with Crippen LogP contribution in [-0.2, 0) is 0 Å². The summed E-state index contributed by atoms with van der Waals surface area (Å²) >= 11 is 0. The minimum Gasteiger partial charge on any atom is -0.396 e. The van der Waals surface area contributed by atoms with Gasteiger partial charge in [-0.3, -0.25) is 0 Å². The Kier molecular flexibility index (Phi) is 19.8. The molecule has 128 valence electrons. The SMILES string of the molecule is OCCCCCCCCCNCCCCCCCCCO. The number of aliphatic hydroxyl groups excluding tert-OH is 2. The highest BCUT2D eigenvalue weighted by molar-refractivity contribution is 4.52. The van der Waals surface area contributed by atoms with Crippen LogP contribution in [0.3, 0.4) is 0 Å². The Balaban J connectivity index is 2.90. The van der Waals surface area contributed by atoms with Crippen LogP contribution in [0.4, 0.5) is 0 Å². The second kappa shape index (κ2) is 19.9. The number of aliphatic hydroxyl groups is 2. The number of nitrogens with one attached hydrogen (secondary N) is 1. The Labute approximate surface area is 132 Å². The fourth-order valence-electron chi connectivity index (χ4n) is 2.62. The Hall–Kier alpha value is -0.120. The Morgan fingerprint density at radius 3 is 1.00 bits per heavy atom. The topological polar surface area (TPSA) is 52.5 Å². The summed E-state index contributed by atoms with van der Waals surface area (Å²) in [5, 5.41) is 20.9. The van der Waals surface area contributed by atoms with Crippen LogP contribution in [0.1, 0.15) is 89.9 Å². The minimum atomic E-state index is 0.354. The van der Waals surface area contributed by atoms with E-state index in [2.05, 4.69) is 5.32 Å². The quantitative estimate of drug-likeness (QED) is 0.335. The molecular formula is C18H39NO2. The fourth-order valence-corrected chi connectivity index (χ4v) is 2.62. The molecule has 3 heteroatoms. The van der Waals surface area contributed by atoms with Gasteiger partial charge in [0.25, 0.3) is 0 Å². The van der Waals surface area contributed by atoms with Gasteiger partial charge < -0.3 is 15.5 Å². The van der Waals surface area contributed by atoms with E-state index in [0.717, 1.165) is 12.8 Å². The highest BCUT2D eigenvalue weighted by Gasteiger charge is 1.93. The molecule has 0 spiro atoms. The monoisotopic (exact) mass is 301 g/mol. The van der Waals surface area contributed by atoms with Crippen molar-refractivity contribution in [2.75, 3.05) is 26.3 Å². The molecule has 0 aliphatic heterocycles. The van der Waals surface area contributed by atoms with Crippen LogP contribution >= 0.6 is 0 Å². The molecule has 0 fully saturated rings. The van der Waals surface area contributed by atoms with Gasteiger partial charge in [0.2, 0.25) is 0 Å². The van der Waals surface area contributed by atoms with Gasteiger partial charge in [-0.15, -0.1) is 0 Å². The summed E-state index contributed by atoms with van der Waals surface area (Å²) in [7, 11) is 0. The molecule has 0 aromatic heterocycles. The lowest BCUT2D eigenvalue weighted by Gasteiger charge is -2.05. The first-order valence-electron chi connectivity index (χ1n) is 9.34. The zero-order chi connectivity index (χ0) is 15.4. The highest BCUT2D eigenvalue weighted by atomic mass is 16.3. The van der Waals surface area contributed by atoms with Crippen molar-refractivity contribution in [1.82, 2.24) is 5.32 Å². The van der Waals surface area contributed by atoms with Gasteiger partial charge in [-0.1, -0.05) is 64.2 Å². The summed E-state index contributed by atoms with van der Waals surface area (Å²) in [6, 6.07) is 0. The standard InChI is InChI=1S/C18H39NO2/c20-17-13-9-5-1-3-7-11-15-19-16-12-8-4-2-6-10-14-18-21/h19-21H,1-18H2. The molecular weight excluding hydrogens is 262 g/mol. The first-order valence-corrected chi connectivity index (χ1v) is 9.34. The molecule has 0 saturated heterocycles. The zero-order valence-electron chi connectivity index (χ0n) is 14.1. The van der Waals surface area contributed by atoms with E-state index in [1.54, 1.807) is 0 Å². The van der Waals surface area contributed by atoms with E-state index in [1.165, 1.54) is 90.1 Å². The van der Waals surface area contributed by atoms with Crippen molar-refractivity contribution in [3.63, 3.8) is 0 Å². The molecule has 0 saturated carbocycles. The molecule has 0 aromatic rings. The van der Waals surface area contributed by atoms with Crippen molar-refractivity contribution in [3.05, 3.63) is 0 Å². The summed E-state index contributed by atoms with van der Waals surface area (Å²) < 4.78 is 0. The van der Waals surface area contributed by atoms with Gasteiger partial charge in [0.15, 0.2) is 0 Å². The van der Waals surface area contributed by atoms with Crippen LogP contribution in [-0.4, -0.2) is 36.5 Å². The number of hydrogen-bond acceptors (Lipinski definition) is 3. The average molecular weight is 302 g/mol. The predicted molar refractivity (Wildman–Crippen MR) is 91.7 cm³/mol. The van der Waals surface area contributed by atoms with E-state index in [9.17, 15) is 0 Å². The summed E-state index contributed by atoms with van der Waals surface area (Å²) in [6.07, 6.45) is 17.6. The van der Waals surface area contributed by atoms with E-state index < -0.39 is 0 Å². The molecule has 0 radical (unpaired) electrons. The normalized spacial score (nSPS) is 11.1. The lowest BCUT2D eigenvalue weighted by Crippen LogP contribution is -2.16. The van der Waals surface area contributed by atoms with Crippen molar-refractivity contribution in [2.24, 2.45) is 0 Å². The first-order chi connectivity index (χ1) is 10.4. The first kappa shape index (κ1) is 20.9. The van der Waals surface area contributed by atoms with Gasteiger partial charge in [-0.05, 0) is 38.8 Å². The molecule has 0 bridgehead atoms. The molecule has 0 aliphatic carbocycles. The predicted octanol–water partition coefficient (Wildman–Crippen LogP) is 4.02. The largest absolute Gasteiger partial charge is 0.396 e. The molecule has 21 heavy (non-hydrogen) atoms. The summed E-state index contributed by atoms with van der Waals surface area (Å²) in [4.78, 5) is 0. The van der Waals surface area contributed by atoms with Crippen LogP contribution in [0.15, 0.2) is 0 Å². The molecule has 0 aromatic carbocycles. The van der Waals surface area contributed by atoms with Gasteiger partial charge >= 0.3 is 0 Å². The van der Waals surface area contributed by atoms with Crippen molar-refractivity contribution >= 4 is 0 Å². The molecule has 0 unspecified atom stereocenters. The molecule has 3 nitrogen and oxygen atoms in total. The van der Waals surface area contributed by atoms with Crippen LogP contribution in [0.25, 0.3) is 0 Å². The van der Waals surface area contributed by atoms with Gasteiger partial charge in [-0.25, -0.2) is 0 Å². The van der Waals surface area contributed by atoms with Crippen LogP contribution in [0.5, 0.6) is 0 Å². The third-order valence-corrected chi connectivity index (χ3v) is 4.02. The fraction of sp³-hybridized carbons (Fsp3) is 1.00. The molecule has 0 aliphatic rings. The zero-order valence-corrected chi connectivity index (χ0v) is 14.1. The van der Waals surface area contributed by atoms with Crippen LogP contribution < -0.4 is 5.32 Å². The average Bonchev–Trinajstić information content (AvgIpc) is 2.50. The van der Waals surface area contributed by atoms with Crippen molar-refractivity contribution in [1.29, 1.82) is 0 Å². The van der Waals surface area contributed by atoms with Gasteiger partial charge in [0.05, 0.1) is 0 Å². The lowest BCUT2D eigenvalue weighted by molar-refractivity contribution is 0.282. The maximum Gasteiger partial charge on any atom is 0.0431 e. The van der Waals surface area contributed by atoms with E-state index >= 15 is 0 Å². The molecule has 0 atom stereocenters. The number of unbranched alkanes of at least 4 members (excludes halogenated alkanes) is 12. The molecule has 0 rings (SSSR count). The van der Waals surface area contributed by atoms with Crippen molar-refractivity contribution in [3.8, 4) is 0 Å². The number of rotatable bonds is 18.